The average Bonchev–Trinajstić information content (AvgIpc) is 2.32. The Labute approximate surface area is 71.0 Å². The van der Waals surface area contributed by atoms with E-state index < -0.39 is 0 Å². The van der Waals surface area contributed by atoms with Crippen LogP contribution in [0, 0.1) is 0 Å². The Bertz CT molecular complexity index is 237. The Balaban J connectivity index is 2.20. The van der Waals surface area contributed by atoms with Gasteiger partial charge in [-0.25, -0.2) is 0 Å². The van der Waals surface area contributed by atoms with E-state index in [1.807, 2.05) is 11.3 Å². The van der Waals surface area contributed by atoms with Crippen molar-refractivity contribution in [1.82, 2.24) is 0 Å². The summed E-state index contributed by atoms with van der Waals surface area (Å²) >= 11 is 1.88. The number of rotatable bonds is 2. The zero-order chi connectivity index (χ0) is 7.68. The third-order valence-electron chi connectivity index (χ3n) is 2.17. The van der Waals surface area contributed by atoms with Crippen molar-refractivity contribution in [3.05, 3.63) is 21.9 Å². The molecule has 0 spiro atoms. The zero-order valence-corrected chi connectivity index (χ0v) is 7.49. The molecule has 0 aliphatic carbocycles. The molecule has 1 fully saturated rings. The minimum absolute atomic E-state index is 0.713. The summed E-state index contributed by atoms with van der Waals surface area (Å²) in [4.78, 5) is 1.55. The van der Waals surface area contributed by atoms with Gasteiger partial charge in [0.15, 0.2) is 0 Å². The fourth-order valence-electron chi connectivity index (χ4n) is 1.38. The lowest BCUT2D eigenvalue weighted by Crippen LogP contribution is -2.24. The van der Waals surface area contributed by atoms with E-state index in [1.165, 1.54) is 5.56 Å². The van der Waals surface area contributed by atoms with Gasteiger partial charge in [0, 0.05) is 10.8 Å². The van der Waals surface area contributed by atoms with Crippen molar-refractivity contribution >= 4 is 11.3 Å². The van der Waals surface area contributed by atoms with Crippen LogP contribution in [-0.4, -0.2) is 13.2 Å². The highest BCUT2D eigenvalue weighted by molar-refractivity contribution is 7.10. The maximum atomic E-state index is 5.16. The predicted octanol–water partition coefficient (Wildman–Crippen LogP) is 2.42. The fraction of sp³-hybridized carbons (Fsp3) is 0.556. The highest BCUT2D eigenvalue weighted by Gasteiger charge is 2.23. The van der Waals surface area contributed by atoms with Gasteiger partial charge >= 0.3 is 0 Å². The van der Waals surface area contributed by atoms with Gasteiger partial charge in [-0.1, -0.05) is 6.92 Å². The van der Waals surface area contributed by atoms with Gasteiger partial charge in [0.1, 0.15) is 0 Å². The van der Waals surface area contributed by atoms with Crippen LogP contribution in [0.5, 0.6) is 0 Å². The first-order valence-corrected chi connectivity index (χ1v) is 4.93. The maximum absolute atomic E-state index is 5.16. The van der Waals surface area contributed by atoms with Gasteiger partial charge in [-0.2, -0.15) is 0 Å². The lowest BCUT2D eigenvalue weighted by Gasteiger charge is -2.25. The van der Waals surface area contributed by atoms with Gasteiger partial charge in [-0.15, -0.1) is 11.3 Å². The Kier molecular flexibility index (Phi) is 1.96. The Hall–Kier alpha value is -0.340. The van der Waals surface area contributed by atoms with E-state index in [2.05, 4.69) is 18.4 Å². The van der Waals surface area contributed by atoms with Gasteiger partial charge in [0.05, 0.1) is 13.2 Å². The fourth-order valence-corrected chi connectivity index (χ4v) is 2.46. The second-order valence-electron chi connectivity index (χ2n) is 2.90. The van der Waals surface area contributed by atoms with Crippen molar-refractivity contribution in [2.75, 3.05) is 13.2 Å². The zero-order valence-electron chi connectivity index (χ0n) is 6.67. The van der Waals surface area contributed by atoms with Crippen LogP contribution in [0.3, 0.4) is 0 Å². The molecule has 60 valence electrons. The number of hydrogen-bond acceptors (Lipinski definition) is 2. The molecule has 1 aromatic rings. The molecule has 2 rings (SSSR count). The predicted molar refractivity (Wildman–Crippen MR) is 47.3 cm³/mol. The van der Waals surface area contributed by atoms with E-state index in [1.54, 1.807) is 4.88 Å². The summed E-state index contributed by atoms with van der Waals surface area (Å²) < 4.78 is 5.16. The first-order valence-electron chi connectivity index (χ1n) is 4.06. The molecule has 1 nitrogen and oxygen atoms in total. The largest absolute Gasteiger partial charge is 0.380 e. The monoisotopic (exact) mass is 168 g/mol. The van der Waals surface area contributed by atoms with Crippen molar-refractivity contribution in [2.24, 2.45) is 0 Å². The number of thiophene rings is 1. The van der Waals surface area contributed by atoms with Gasteiger partial charge in [-0.05, 0) is 23.4 Å². The van der Waals surface area contributed by atoms with E-state index in [9.17, 15) is 0 Å². The quantitative estimate of drug-likeness (QED) is 0.659. The van der Waals surface area contributed by atoms with Crippen LogP contribution < -0.4 is 0 Å². The lowest BCUT2D eigenvalue weighted by atomic mass is 10.0. The van der Waals surface area contributed by atoms with Gasteiger partial charge in [-0.3, -0.25) is 0 Å². The van der Waals surface area contributed by atoms with Crippen LogP contribution in [-0.2, 0) is 11.2 Å². The van der Waals surface area contributed by atoms with Crippen molar-refractivity contribution in [2.45, 2.75) is 19.3 Å². The van der Waals surface area contributed by atoms with Crippen LogP contribution in [0.15, 0.2) is 11.4 Å². The molecule has 0 amide bonds. The minimum atomic E-state index is 0.713. The molecule has 0 radical (unpaired) electrons. The molecule has 0 aromatic carbocycles. The molecule has 0 unspecified atom stereocenters. The van der Waals surface area contributed by atoms with Crippen LogP contribution in [0.25, 0.3) is 0 Å². The molecule has 1 saturated heterocycles. The average molecular weight is 168 g/mol. The number of hydrogen-bond donors (Lipinski definition) is 0. The molecule has 0 N–H and O–H groups in total. The standard InChI is InChI=1S/C9H12OS/c1-2-7-3-4-11-9(7)8-5-10-6-8/h3-4,8H,2,5-6H2,1H3. The second-order valence-corrected chi connectivity index (χ2v) is 3.85. The van der Waals surface area contributed by atoms with E-state index >= 15 is 0 Å². The van der Waals surface area contributed by atoms with Crippen LogP contribution in [0.1, 0.15) is 23.3 Å². The SMILES string of the molecule is CCc1ccsc1C1COC1. The lowest BCUT2D eigenvalue weighted by molar-refractivity contribution is 0.00958. The molecule has 1 aromatic heterocycles. The topological polar surface area (TPSA) is 9.23 Å². The molecule has 1 aliphatic heterocycles. The summed E-state index contributed by atoms with van der Waals surface area (Å²) in [6.07, 6.45) is 1.16. The van der Waals surface area contributed by atoms with Crippen LogP contribution >= 0.6 is 11.3 Å². The molecule has 11 heavy (non-hydrogen) atoms. The molecule has 2 heterocycles. The summed E-state index contributed by atoms with van der Waals surface area (Å²) in [6, 6.07) is 2.23. The molecule has 1 aliphatic rings. The van der Waals surface area contributed by atoms with Gasteiger partial charge < -0.3 is 4.74 Å². The summed E-state index contributed by atoms with van der Waals surface area (Å²) in [5, 5.41) is 2.19. The van der Waals surface area contributed by atoms with E-state index in [4.69, 9.17) is 4.74 Å². The highest BCUT2D eigenvalue weighted by atomic mass is 32.1. The number of aryl methyl sites for hydroxylation is 1. The van der Waals surface area contributed by atoms with Crippen molar-refractivity contribution in [3.8, 4) is 0 Å². The Morgan fingerprint density at radius 1 is 1.64 bits per heavy atom. The van der Waals surface area contributed by atoms with E-state index in [0.29, 0.717) is 5.92 Å². The smallest absolute Gasteiger partial charge is 0.0565 e. The molecule has 0 saturated carbocycles. The summed E-state index contributed by atoms with van der Waals surface area (Å²) in [6.45, 7) is 4.09. The summed E-state index contributed by atoms with van der Waals surface area (Å²) in [5.41, 5.74) is 1.52. The molecular formula is C9H12OS. The number of ether oxygens (including phenoxy) is 1. The molecule has 2 heteroatoms. The summed E-state index contributed by atoms with van der Waals surface area (Å²) in [7, 11) is 0. The normalized spacial score (nSPS) is 18.3. The second kappa shape index (κ2) is 2.95. The Morgan fingerprint density at radius 2 is 2.45 bits per heavy atom. The molecule has 0 atom stereocenters. The minimum Gasteiger partial charge on any atom is -0.380 e. The van der Waals surface area contributed by atoms with Crippen molar-refractivity contribution < 1.29 is 4.74 Å². The van der Waals surface area contributed by atoms with Gasteiger partial charge in [0.2, 0.25) is 0 Å². The summed E-state index contributed by atoms with van der Waals surface area (Å²) in [5.74, 6) is 0.713. The van der Waals surface area contributed by atoms with Crippen LogP contribution in [0.4, 0.5) is 0 Å². The van der Waals surface area contributed by atoms with Gasteiger partial charge in [0.25, 0.3) is 0 Å². The van der Waals surface area contributed by atoms with Crippen molar-refractivity contribution in [3.63, 3.8) is 0 Å². The molecule has 0 bridgehead atoms. The first-order chi connectivity index (χ1) is 5.42. The third-order valence-corrected chi connectivity index (χ3v) is 3.29. The van der Waals surface area contributed by atoms with Crippen LogP contribution in [0.2, 0.25) is 0 Å². The third kappa shape index (κ3) is 1.21. The van der Waals surface area contributed by atoms with E-state index in [-0.39, 0.29) is 0 Å². The first kappa shape index (κ1) is 7.32. The highest BCUT2D eigenvalue weighted by Crippen LogP contribution is 2.31. The van der Waals surface area contributed by atoms with E-state index in [0.717, 1.165) is 19.6 Å². The van der Waals surface area contributed by atoms with Crippen molar-refractivity contribution in [1.29, 1.82) is 0 Å². The maximum Gasteiger partial charge on any atom is 0.0565 e. The Morgan fingerprint density at radius 3 is 3.00 bits per heavy atom. The molecular weight excluding hydrogens is 156 g/mol.